The van der Waals surface area contributed by atoms with Crippen molar-refractivity contribution in [1.82, 2.24) is 14.6 Å². The Morgan fingerprint density at radius 1 is 1.00 bits per heavy atom. The maximum absolute atomic E-state index is 13.3. The molecular formula is C21H19FN4O. The summed E-state index contributed by atoms with van der Waals surface area (Å²) >= 11 is 0. The molecule has 27 heavy (non-hydrogen) atoms. The second-order valence-electron chi connectivity index (χ2n) is 6.34. The first-order chi connectivity index (χ1) is 13.0. The number of halogens is 1. The molecule has 6 heteroatoms. The van der Waals surface area contributed by atoms with Gasteiger partial charge in [-0.3, -0.25) is 0 Å². The standard InChI is InChI=1S/C21H19FN4O/c1-13-12-19(24-17-8-10-18(27-3)11-9-17)26-21(23-13)20(14(2)25-26)15-4-6-16(22)7-5-15/h4-12,24H,1-3H3. The largest absolute Gasteiger partial charge is 0.497 e. The average molecular weight is 362 g/mol. The van der Waals surface area contributed by atoms with E-state index in [1.807, 2.05) is 44.2 Å². The van der Waals surface area contributed by atoms with Crippen molar-refractivity contribution in [3.8, 4) is 16.9 Å². The van der Waals surface area contributed by atoms with E-state index in [0.29, 0.717) is 0 Å². The third-order valence-electron chi connectivity index (χ3n) is 4.39. The molecule has 0 spiro atoms. The van der Waals surface area contributed by atoms with Gasteiger partial charge >= 0.3 is 0 Å². The summed E-state index contributed by atoms with van der Waals surface area (Å²) in [6, 6.07) is 16.0. The first kappa shape index (κ1) is 17.0. The van der Waals surface area contributed by atoms with Crippen molar-refractivity contribution in [2.45, 2.75) is 13.8 Å². The van der Waals surface area contributed by atoms with Gasteiger partial charge in [0.1, 0.15) is 17.4 Å². The maximum atomic E-state index is 13.3. The van der Waals surface area contributed by atoms with E-state index in [9.17, 15) is 4.39 Å². The van der Waals surface area contributed by atoms with Crippen molar-refractivity contribution in [2.75, 3.05) is 12.4 Å². The SMILES string of the molecule is COc1ccc(Nc2cc(C)nc3c(-c4ccc(F)cc4)c(C)nn23)cc1. The number of fused-ring (bicyclic) bond motifs is 1. The number of methoxy groups -OCH3 is 1. The first-order valence-corrected chi connectivity index (χ1v) is 8.59. The molecule has 1 N–H and O–H groups in total. The minimum absolute atomic E-state index is 0.265. The molecule has 0 unspecified atom stereocenters. The Hall–Kier alpha value is -3.41. The van der Waals surface area contributed by atoms with Gasteiger partial charge in [-0.25, -0.2) is 9.37 Å². The van der Waals surface area contributed by atoms with Crippen LogP contribution in [0.2, 0.25) is 0 Å². The van der Waals surface area contributed by atoms with E-state index in [1.54, 1.807) is 23.8 Å². The molecule has 0 radical (unpaired) electrons. The van der Waals surface area contributed by atoms with Crippen molar-refractivity contribution >= 4 is 17.2 Å². The van der Waals surface area contributed by atoms with E-state index in [4.69, 9.17) is 4.74 Å². The molecule has 5 nitrogen and oxygen atoms in total. The third-order valence-corrected chi connectivity index (χ3v) is 4.39. The fraction of sp³-hybridized carbons (Fsp3) is 0.143. The summed E-state index contributed by atoms with van der Waals surface area (Å²) in [6.07, 6.45) is 0. The van der Waals surface area contributed by atoms with Gasteiger partial charge in [-0.2, -0.15) is 9.61 Å². The van der Waals surface area contributed by atoms with Crippen LogP contribution in [0.25, 0.3) is 16.8 Å². The molecule has 0 saturated heterocycles. The van der Waals surface area contributed by atoms with Gasteiger partial charge in [0.15, 0.2) is 5.65 Å². The lowest BCUT2D eigenvalue weighted by Crippen LogP contribution is -2.02. The normalized spacial score (nSPS) is 11.0. The summed E-state index contributed by atoms with van der Waals surface area (Å²) in [5.41, 5.74) is 5.13. The second-order valence-corrected chi connectivity index (χ2v) is 6.34. The molecule has 136 valence electrons. The van der Waals surface area contributed by atoms with E-state index in [0.717, 1.165) is 45.4 Å². The molecule has 0 amide bonds. The number of anilines is 2. The molecule has 4 rings (SSSR count). The molecule has 0 aliphatic rings. The van der Waals surface area contributed by atoms with Gasteiger partial charge < -0.3 is 10.1 Å². The number of nitrogens with zero attached hydrogens (tertiary/aromatic N) is 3. The topological polar surface area (TPSA) is 51.5 Å². The van der Waals surface area contributed by atoms with Crippen LogP contribution in [-0.4, -0.2) is 21.7 Å². The van der Waals surface area contributed by atoms with Gasteiger partial charge in [0.2, 0.25) is 0 Å². The van der Waals surface area contributed by atoms with Crippen LogP contribution in [0.4, 0.5) is 15.9 Å². The molecular weight excluding hydrogens is 343 g/mol. The quantitative estimate of drug-likeness (QED) is 0.561. The number of hydrogen-bond donors (Lipinski definition) is 1. The second kappa shape index (κ2) is 6.72. The van der Waals surface area contributed by atoms with Crippen LogP contribution in [-0.2, 0) is 0 Å². The van der Waals surface area contributed by atoms with Crippen LogP contribution < -0.4 is 10.1 Å². The Bertz CT molecular complexity index is 1100. The highest BCUT2D eigenvalue weighted by Crippen LogP contribution is 2.30. The highest BCUT2D eigenvalue weighted by atomic mass is 19.1. The lowest BCUT2D eigenvalue weighted by atomic mass is 10.1. The molecule has 2 aromatic carbocycles. The lowest BCUT2D eigenvalue weighted by molar-refractivity contribution is 0.415. The van der Waals surface area contributed by atoms with E-state index < -0.39 is 0 Å². The summed E-state index contributed by atoms with van der Waals surface area (Å²) in [5, 5.41) is 8.04. The summed E-state index contributed by atoms with van der Waals surface area (Å²) in [4.78, 5) is 4.67. The van der Waals surface area contributed by atoms with Gasteiger partial charge in [0, 0.05) is 23.0 Å². The van der Waals surface area contributed by atoms with E-state index in [2.05, 4.69) is 15.4 Å². The zero-order valence-corrected chi connectivity index (χ0v) is 15.3. The summed E-state index contributed by atoms with van der Waals surface area (Å²) < 4.78 is 20.3. The molecule has 4 aromatic rings. The fourth-order valence-electron chi connectivity index (χ4n) is 3.11. The molecule has 2 aromatic heterocycles. The number of aromatic nitrogens is 3. The molecule has 0 aliphatic carbocycles. The predicted molar refractivity (Wildman–Crippen MR) is 104 cm³/mol. The zero-order valence-electron chi connectivity index (χ0n) is 15.3. The lowest BCUT2D eigenvalue weighted by Gasteiger charge is -2.10. The Labute approximate surface area is 156 Å². The van der Waals surface area contributed by atoms with Crippen LogP contribution in [0.3, 0.4) is 0 Å². The fourth-order valence-corrected chi connectivity index (χ4v) is 3.11. The highest BCUT2D eigenvalue weighted by molar-refractivity contribution is 5.81. The van der Waals surface area contributed by atoms with Crippen molar-refractivity contribution in [1.29, 1.82) is 0 Å². The van der Waals surface area contributed by atoms with Crippen LogP contribution in [0, 0.1) is 19.7 Å². The van der Waals surface area contributed by atoms with Crippen LogP contribution in [0.1, 0.15) is 11.4 Å². The Morgan fingerprint density at radius 2 is 1.70 bits per heavy atom. The molecule has 0 aliphatic heterocycles. The van der Waals surface area contributed by atoms with Crippen molar-refractivity contribution in [2.24, 2.45) is 0 Å². The van der Waals surface area contributed by atoms with Crippen molar-refractivity contribution in [3.63, 3.8) is 0 Å². The Morgan fingerprint density at radius 3 is 2.37 bits per heavy atom. The van der Waals surface area contributed by atoms with Gasteiger partial charge in [-0.1, -0.05) is 12.1 Å². The van der Waals surface area contributed by atoms with Crippen molar-refractivity contribution in [3.05, 3.63) is 71.8 Å². The van der Waals surface area contributed by atoms with Gasteiger partial charge in [0.25, 0.3) is 0 Å². The van der Waals surface area contributed by atoms with Crippen molar-refractivity contribution < 1.29 is 9.13 Å². The molecule has 0 fully saturated rings. The smallest absolute Gasteiger partial charge is 0.165 e. The van der Waals surface area contributed by atoms with Gasteiger partial charge in [-0.05, 0) is 55.8 Å². The average Bonchev–Trinajstić information content (AvgIpc) is 2.99. The third kappa shape index (κ3) is 3.21. The van der Waals surface area contributed by atoms with Crippen LogP contribution >= 0.6 is 0 Å². The number of rotatable bonds is 4. The van der Waals surface area contributed by atoms with Gasteiger partial charge in [0.05, 0.1) is 12.8 Å². The predicted octanol–water partition coefficient (Wildman–Crippen LogP) is 4.90. The molecule has 2 heterocycles. The monoisotopic (exact) mass is 362 g/mol. The number of nitrogens with one attached hydrogen (secondary N) is 1. The summed E-state index contributed by atoms with van der Waals surface area (Å²) in [6.45, 7) is 3.87. The zero-order chi connectivity index (χ0) is 19.0. The molecule has 0 bridgehead atoms. The summed E-state index contributed by atoms with van der Waals surface area (Å²) in [5.74, 6) is 1.34. The Balaban J connectivity index is 1.82. The summed E-state index contributed by atoms with van der Waals surface area (Å²) in [7, 11) is 1.64. The molecule has 0 saturated carbocycles. The highest BCUT2D eigenvalue weighted by Gasteiger charge is 2.16. The maximum Gasteiger partial charge on any atom is 0.165 e. The van der Waals surface area contributed by atoms with E-state index in [1.165, 1.54) is 12.1 Å². The number of aryl methyl sites for hydroxylation is 2. The first-order valence-electron chi connectivity index (χ1n) is 8.59. The minimum atomic E-state index is -0.265. The Kier molecular flexibility index (Phi) is 4.24. The molecule has 0 atom stereocenters. The number of hydrogen-bond acceptors (Lipinski definition) is 4. The number of ether oxygens (including phenoxy) is 1. The van der Waals surface area contributed by atoms with E-state index >= 15 is 0 Å². The van der Waals surface area contributed by atoms with E-state index in [-0.39, 0.29) is 5.82 Å². The van der Waals surface area contributed by atoms with Crippen LogP contribution in [0.5, 0.6) is 5.75 Å². The minimum Gasteiger partial charge on any atom is -0.497 e. The van der Waals surface area contributed by atoms with Crippen LogP contribution in [0.15, 0.2) is 54.6 Å². The number of benzene rings is 2. The van der Waals surface area contributed by atoms with Gasteiger partial charge in [-0.15, -0.1) is 0 Å².